The number of nitrogens with one attached hydrogen (secondary N) is 2. The Morgan fingerprint density at radius 2 is 2.30 bits per heavy atom. The second kappa shape index (κ2) is 6.89. The molecule has 0 saturated carbocycles. The molecular weight excluding hydrogens is 256 g/mol. The van der Waals surface area contributed by atoms with E-state index < -0.39 is 0 Å². The van der Waals surface area contributed by atoms with Crippen LogP contribution in [0.5, 0.6) is 0 Å². The lowest BCUT2D eigenvalue weighted by Gasteiger charge is -2.28. The van der Waals surface area contributed by atoms with Gasteiger partial charge in [-0.1, -0.05) is 0 Å². The van der Waals surface area contributed by atoms with E-state index in [-0.39, 0.29) is 12.1 Å². The number of amides is 2. The Bertz CT molecular complexity index is 489. The SMILES string of the molecule is CN(CC1CNCCO1)C(=O)Nc1ccc(C#N)cc1. The Morgan fingerprint density at radius 3 is 2.90 bits per heavy atom. The summed E-state index contributed by atoms with van der Waals surface area (Å²) in [6, 6.07) is 8.61. The van der Waals surface area contributed by atoms with Crippen molar-refractivity contribution in [3.63, 3.8) is 0 Å². The van der Waals surface area contributed by atoms with E-state index in [1.54, 1.807) is 36.2 Å². The van der Waals surface area contributed by atoms with Crippen molar-refractivity contribution < 1.29 is 9.53 Å². The summed E-state index contributed by atoms with van der Waals surface area (Å²) in [5, 5.41) is 14.7. The molecule has 1 aliphatic heterocycles. The summed E-state index contributed by atoms with van der Waals surface area (Å²) >= 11 is 0. The number of anilines is 1. The van der Waals surface area contributed by atoms with E-state index in [2.05, 4.69) is 10.6 Å². The molecule has 1 aromatic carbocycles. The first-order valence-corrected chi connectivity index (χ1v) is 6.53. The number of morpholine rings is 1. The number of hydrogen-bond donors (Lipinski definition) is 2. The van der Waals surface area contributed by atoms with Crippen LogP contribution in [0.4, 0.5) is 10.5 Å². The van der Waals surface area contributed by atoms with E-state index in [4.69, 9.17) is 10.00 Å². The van der Waals surface area contributed by atoms with Crippen molar-refractivity contribution in [2.75, 3.05) is 38.6 Å². The molecule has 1 saturated heterocycles. The van der Waals surface area contributed by atoms with Crippen LogP contribution >= 0.6 is 0 Å². The topological polar surface area (TPSA) is 77.4 Å². The van der Waals surface area contributed by atoms with Crippen molar-refractivity contribution >= 4 is 11.7 Å². The molecule has 2 N–H and O–H groups in total. The highest BCUT2D eigenvalue weighted by Crippen LogP contribution is 2.10. The standard InChI is InChI=1S/C14H18N4O2/c1-18(10-13-9-16-6-7-20-13)14(19)17-12-4-2-11(8-15)3-5-12/h2-5,13,16H,6-7,9-10H2,1H3,(H,17,19). The first kappa shape index (κ1) is 14.3. The molecule has 1 aromatic rings. The van der Waals surface area contributed by atoms with Gasteiger partial charge in [0.2, 0.25) is 0 Å². The monoisotopic (exact) mass is 274 g/mol. The molecule has 1 fully saturated rings. The van der Waals surface area contributed by atoms with Gasteiger partial charge >= 0.3 is 6.03 Å². The van der Waals surface area contributed by atoms with Crippen molar-refractivity contribution in [1.29, 1.82) is 5.26 Å². The second-order valence-corrected chi connectivity index (χ2v) is 4.70. The number of ether oxygens (including phenoxy) is 1. The van der Waals surface area contributed by atoms with Crippen LogP contribution < -0.4 is 10.6 Å². The largest absolute Gasteiger partial charge is 0.374 e. The van der Waals surface area contributed by atoms with Gasteiger partial charge in [0.1, 0.15) is 0 Å². The maximum absolute atomic E-state index is 12.0. The van der Waals surface area contributed by atoms with E-state index >= 15 is 0 Å². The third kappa shape index (κ3) is 3.95. The normalized spacial score (nSPS) is 18.1. The van der Waals surface area contributed by atoms with Crippen LogP contribution in [0.25, 0.3) is 0 Å². The lowest BCUT2D eigenvalue weighted by molar-refractivity contribution is 0.0164. The molecule has 1 unspecified atom stereocenters. The summed E-state index contributed by atoms with van der Waals surface area (Å²) in [7, 11) is 1.73. The first-order valence-electron chi connectivity index (χ1n) is 6.53. The molecule has 0 aromatic heterocycles. The van der Waals surface area contributed by atoms with E-state index in [1.165, 1.54) is 0 Å². The fourth-order valence-electron chi connectivity index (χ4n) is 1.97. The minimum Gasteiger partial charge on any atom is -0.374 e. The predicted molar refractivity (Wildman–Crippen MR) is 75.4 cm³/mol. The highest BCUT2D eigenvalue weighted by molar-refractivity contribution is 5.89. The lowest BCUT2D eigenvalue weighted by Crippen LogP contribution is -2.46. The van der Waals surface area contributed by atoms with Crippen LogP contribution in [0, 0.1) is 11.3 Å². The molecule has 1 heterocycles. The third-order valence-electron chi connectivity index (χ3n) is 3.09. The molecule has 106 valence electrons. The second-order valence-electron chi connectivity index (χ2n) is 4.70. The van der Waals surface area contributed by atoms with Gasteiger partial charge < -0.3 is 20.3 Å². The van der Waals surface area contributed by atoms with Gasteiger partial charge in [-0.3, -0.25) is 0 Å². The Balaban J connectivity index is 1.85. The molecule has 0 spiro atoms. The third-order valence-corrected chi connectivity index (χ3v) is 3.09. The van der Waals surface area contributed by atoms with Crippen molar-refractivity contribution in [2.45, 2.75) is 6.10 Å². The maximum Gasteiger partial charge on any atom is 0.321 e. The smallest absolute Gasteiger partial charge is 0.321 e. The van der Waals surface area contributed by atoms with Crippen molar-refractivity contribution in [2.24, 2.45) is 0 Å². The van der Waals surface area contributed by atoms with Crippen LogP contribution in [0.2, 0.25) is 0 Å². The zero-order chi connectivity index (χ0) is 14.4. The Hall–Kier alpha value is -2.10. The quantitative estimate of drug-likeness (QED) is 0.862. The molecule has 0 bridgehead atoms. The molecule has 20 heavy (non-hydrogen) atoms. The minimum atomic E-state index is -0.191. The van der Waals surface area contributed by atoms with Crippen LogP contribution in [0.15, 0.2) is 24.3 Å². The number of urea groups is 1. The fourth-order valence-corrected chi connectivity index (χ4v) is 1.97. The van der Waals surface area contributed by atoms with Crippen LogP contribution in [-0.4, -0.2) is 50.3 Å². The van der Waals surface area contributed by atoms with Crippen LogP contribution in [0.1, 0.15) is 5.56 Å². The minimum absolute atomic E-state index is 0.0282. The van der Waals surface area contributed by atoms with E-state index in [1.807, 2.05) is 6.07 Å². The molecule has 1 atom stereocenters. The molecule has 2 amide bonds. The van der Waals surface area contributed by atoms with E-state index in [9.17, 15) is 4.79 Å². The van der Waals surface area contributed by atoms with Gasteiger partial charge in [0, 0.05) is 32.4 Å². The molecule has 6 nitrogen and oxygen atoms in total. The van der Waals surface area contributed by atoms with Gasteiger partial charge in [-0.2, -0.15) is 5.26 Å². The number of carbonyl (C=O) groups is 1. The highest BCUT2D eigenvalue weighted by atomic mass is 16.5. The Kier molecular flexibility index (Phi) is 4.93. The first-order chi connectivity index (χ1) is 9.69. The zero-order valence-corrected chi connectivity index (χ0v) is 11.4. The lowest BCUT2D eigenvalue weighted by atomic mass is 10.2. The van der Waals surface area contributed by atoms with E-state index in [0.29, 0.717) is 24.4 Å². The molecule has 0 radical (unpaired) electrons. The Morgan fingerprint density at radius 1 is 1.55 bits per heavy atom. The number of likely N-dealkylation sites (N-methyl/N-ethyl adjacent to an activating group) is 1. The molecule has 0 aliphatic carbocycles. The van der Waals surface area contributed by atoms with Gasteiger partial charge in [-0.05, 0) is 24.3 Å². The van der Waals surface area contributed by atoms with Crippen molar-refractivity contribution in [3.8, 4) is 6.07 Å². The fraction of sp³-hybridized carbons (Fsp3) is 0.429. The summed E-state index contributed by atoms with van der Waals surface area (Å²) < 4.78 is 5.56. The van der Waals surface area contributed by atoms with Gasteiger partial charge in [0.05, 0.1) is 24.3 Å². The number of nitrogens with zero attached hydrogens (tertiary/aromatic N) is 2. The average molecular weight is 274 g/mol. The number of rotatable bonds is 3. The molecular formula is C14H18N4O2. The van der Waals surface area contributed by atoms with Crippen LogP contribution in [0.3, 0.4) is 0 Å². The number of hydrogen-bond acceptors (Lipinski definition) is 4. The predicted octanol–water partition coefficient (Wildman–Crippen LogP) is 1.01. The number of benzene rings is 1. The van der Waals surface area contributed by atoms with Crippen LogP contribution in [-0.2, 0) is 4.74 Å². The summed E-state index contributed by atoms with van der Waals surface area (Å²) in [5.74, 6) is 0. The molecule has 1 aliphatic rings. The zero-order valence-electron chi connectivity index (χ0n) is 11.4. The van der Waals surface area contributed by atoms with Crippen molar-refractivity contribution in [1.82, 2.24) is 10.2 Å². The molecule has 6 heteroatoms. The summed E-state index contributed by atoms with van der Waals surface area (Å²) in [6.45, 7) is 2.83. The van der Waals surface area contributed by atoms with Gasteiger partial charge in [0.25, 0.3) is 0 Å². The van der Waals surface area contributed by atoms with Crippen molar-refractivity contribution in [3.05, 3.63) is 29.8 Å². The highest BCUT2D eigenvalue weighted by Gasteiger charge is 2.18. The Labute approximate surface area is 118 Å². The maximum atomic E-state index is 12.0. The molecule has 2 rings (SSSR count). The number of nitriles is 1. The average Bonchev–Trinajstić information content (AvgIpc) is 2.49. The summed E-state index contributed by atoms with van der Waals surface area (Å²) in [4.78, 5) is 13.6. The summed E-state index contributed by atoms with van der Waals surface area (Å²) in [5.41, 5.74) is 1.24. The number of carbonyl (C=O) groups excluding carboxylic acids is 1. The summed E-state index contributed by atoms with van der Waals surface area (Å²) in [6.07, 6.45) is 0.0282. The van der Waals surface area contributed by atoms with Gasteiger partial charge in [-0.15, -0.1) is 0 Å². The van der Waals surface area contributed by atoms with Gasteiger partial charge in [0.15, 0.2) is 0 Å². The van der Waals surface area contributed by atoms with Gasteiger partial charge in [-0.25, -0.2) is 4.79 Å². The van der Waals surface area contributed by atoms with E-state index in [0.717, 1.165) is 13.1 Å².